The van der Waals surface area contributed by atoms with E-state index in [4.69, 9.17) is 10.5 Å². The van der Waals surface area contributed by atoms with Crippen molar-refractivity contribution in [2.24, 2.45) is 11.7 Å². The van der Waals surface area contributed by atoms with E-state index >= 15 is 0 Å². The second-order valence-corrected chi connectivity index (χ2v) is 8.54. The van der Waals surface area contributed by atoms with Crippen molar-refractivity contribution in [2.45, 2.75) is 104 Å². The largest absolute Gasteiger partial charge is 0.378 e. The molecule has 1 saturated heterocycles. The van der Waals surface area contributed by atoms with Gasteiger partial charge in [0, 0.05) is 13.1 Å². The molecule has 1 unspecified atom stereocenters. The number of Topliss-reactive ketones (excluding diaryl/α,β-unsaturated/α-hetero) is 1. The summed E-state index contributed by atoms with van der Waals surface area (Å²) in [5, 5.41) is 5.42. The van der Waals surface area contributed by atoms with Gasteiger partial charge in [0.25, 0.3) is 5.91 Å². The van der Waals surface area contributed by atoms with Gasteiger partial charge < -0.3 is 26.0 Å². The number of ketones is 1. The Hall–Kier alpha value is -2.16. The van der Waals surface area contributed by atoms with Crippen LogP contribution in [0.1, 0.15) is 92.4 Å². The number of rotatable bonds is 9. The molecule has 0 aromatic rings. The Balaban J connectivity index is 0.00000164. The monoisotopic (exact) mass is 484 g/mol. The lowest BCUT2D eigenvalue weighted by molar-refractivity contribution is -0.138. The van der Waals surface area contributed by atoms with Crippen LogP contribution in [-0.2, 0) is 19.1 Å². The van der Waals surface area contributed by atoms with E-state index in [-0.39, 0.29) is 12.5 Å². The first-order valence-corrected chi connectivity index (χ1v) is 13.1. The molecule has 1 aliphatic heterocycles. The molecule has 198 valence electrons. The molecule has 1 aliphatic carbocycles. The summed E-state index contributed by atoms with van der Waals surface area (Å²) in [6, 6.07) is -2.04. The predicted molar refractivity (Wildman–Crippen MR) is 134 cm³/mol. The fraction of sp³-hybridized carbons (Fsp3) is 0.840. The van der Waals surface area contributed by atoms with E-state index in [1.54, 1.807) is 11.8 Å². The summed E-state index contributed by atoms with van der Waals surface area (Å²) in [6.45, 7) is 11.9. The Morgan fingerprint density at radius 1 is 0.912 bits per heavy atom. The maximum absolute atomic E-state index is 12.9. The van der Waals surface area contributed by atoms with Gasteiger partial charge in [0.1, 0.15) is 6.04 Å². The second-order valence-electron chi connectivity index (χ2n) is 8.54. The van der Waals surface area contributed by atoms with E-state index in [0.717, 1.165) is 25.7 Å². The number of carbonyl (C=O) groups is 4. The Kier molecular flexibility index (Phi) is 18.0. The Labute approximate surface area is 205 Å². The number of nitrogens with two attached hydrogens (primary N) is 1. The molecule has 0 aromatic heterocycles. The van der Waals surface area contributed by atoms with Crippen LogP contribution in [-0.4, -0.2) is 66.9 Å². The van der Waals surface area contributed by atoms with Crippen LogP contribution >= 0.6 is 0 Å². The van der Waals surface area contributed by atoms with Crippen molar-refractivity contribution in [2.75, 3.05) is 26.3 Å². The summed E-state index contributed by atoms with van der Waals surface area (Å²) < 4.78 is 5.26. The van der Waals surface area contributed by atoms with E-state index in [1.165, 1.54) is 19.3 Å². The Morgan fingerprint density at radius 3 is 1.94 bits per heavy atom. The summed E-state index contributed by atoms with van der Waals surface area (Å²) in [5.74, 6) is -2.00. The average Bonchev–Trinajstić information content (AvgIpc) is 2.88. The van der Waals surface area contributed by atoms with Crippen molar-refractivity contribution >= 4 is 23.6 Å². The Morgan fingerprint density at radius 2 is 1.47 bits per heavy atom. The minimum absolute atomic E-state index is 0.251. The van der Waals surface area contributed by atoms with Gasteiger partial charge >= 0.3 is 6.03 Å². The zero-order valence-electron chi connectivity index (χ0n) is 22.0. The maximum atomic E-state index is 12.9. The molecule has 2 rings (SSSR count). The summed E-state index contributed by atoms with van der Waals surface area (Å²) in [6.07, 6.45) is 8.88. The van der Waals surface area contributed by atoms with Crippen LogP contribution in [0.3, 0.4) is 0 Å². The van der Waals surface area contributed by atoms with Crippen molar-refractivity contribution in [3.05, 3.63) is 0 Å². The average molecular weight is 485 g/mol. The number of primary amides is 1. The minimum atomic E-state index is -1.08. The predicted octanol–water partition coefficient (Wildman–Crippen LogP) is 3.15. The van der Waals surface area contributed by atoms with E-state index in [9.17, 15) is 19.2 Å². The van der Waals surface area contributed by atoms with Gasteiger partial charge in [0.15, 0.2) is 0 Å². The third kappa shape index (κ3) is 12.3. The third-order valence-corrected chi connectivity index (χ3v) is 5.99. The highest BCUT2D eigenvalue weighted by Gasteiger charge is 2.31. The topological polar surface area (TPSA) is 131 Å². The molecule has 2 fully saturated rings. The lowest BCUT2D eigenvalue weighted by atomic mass is 9.84. The number of morpholine rings is 1. The Bertz CT molecular complexity index is 600. The number of hydrogen-bond donors (Lipinski definition) is 3. The van der Waals surface area contributed by atoms with Crippen LogP contribution in [0.15, 0.2) is 0 Å². The highest BCUT2D eigenvalue weighted by molar-refractivity contribution is 6.37. The first-order chi connectivity index (χ1) is 16.3. The molecule has 0 aromatic carbocycles. The van der Waals surface area contributed by atoms with Gasteiger partial charge in [0.05, 0.1) is 19.3 Å². The zero-order chi connectivity index (χ0) is 25.9. The fourth-order valence-corrected chi connectivity index (χ4v) is 3.79. The second kappa shape index (κ2) is 19.2. The number of urea groups is 1. The molecular weight excluding hydrogens is 436 g/mol. The number of nitrogens with zero attached hydrogens (tertiary/aromatic N) is 1. The number of ether oxygens (including phenoxy) is 1. The molecule has 4 N–H and O–H groups in total. The van der Waals surface area contributed by atoms with Gasteiger partial charge in [-0.3, -0.25) is 14.4 Å². The van der Waals surface area contributed by atoms with Gasteiger partial charge in [-0.05, 0) is 18.8 Å². The number of unbranched alkanes of at least 4 members (excludes halogenated alkanes) is 1. The van der Waals surface area contributed by atoms with Gasteiger partial charge in [0.2, 0.25) is 11.7 Å². The molecule has 1 heterocycles. The quantitative estimate of drug-likeness (QED) is 0.433. The summed E-state index contributed by atoms with van der Waals surface area (Å²) in [7, 11) is 0. The lowest BCUT2D eigenvalue weighted by Crippen LogP contribution is -2.56. The fourth-order valence-electron chi connectivity index (χ4n) is 3.79. The van der Waals surface area contributed by atoms with Crippen LogP contribution < -0.4 is 16.4 Å². The van der Waals surface area contributed by atoms with E-state index < -0.39 is 29.7 Å². The number of hydrogen-bond acceptors (Lipinski definition) is 5. The minimum Gasteiger partial charge on any atom is -0.378 e. The van der Waals surface area contributed by atoms with Gasteiger partial charge in [-0.25, -0.2) is 4.79 Å². The van der Waals surface area contributed by atoms with Crippen molar-refractivity contribution in [3.8, 4) is 0 Å². The first-order valence-electron chi connectivity index (χ1n) is 13.1. The van der Waals surface area contributed by atoms with E-state index in [0.29, 0.717) is 38.6 Å². The number of nitrogens with one attached hydrogen (secondary N) is 2. The van der Waals surface area contributed by atoms with Crippen LogP contribution in [0.25, 0.3) is 0 Å². The molecule has 34 heavy (non-hydrogen) atoms. The normalized spacial score (nSPS) is 17.6. The molecule has 4 amide bonds. The maximum Gasteiger partial charge on any atom is 0.318 e. The standard InChI is InChI=1S/C19H32N4O5.C4H10.C2H6/c1-2-14(16(24)17(20)25)21-18(26)15(12-13-6-4-3-5-7-13)22-19(27)23-8-10-28-11-9-23;1-3-4-2;1-2/h13-15H,2-12H2,1H3,(H2,20,25)(H,21,26)(H,22,27);3-4H2,1-2H3;1-2H3/t14?,15-;;/m0../s1. The SMILES string of the molecule is CC.CCC(NC(=O)[C@H](CC1CCCCC1)NC(=O)N1CCOCC1)C(=O)C(N)=O.CCCC. The van der Waals surface area contributed by atoms with Crippen LogP contribution in [0, 0.1) is 5.92 Å². The highest BCUT2D eigenvalue weighted by Crippen LogP contribution is 2.27. The molecule has 2 aliphatic rings. The molecule has 0 bridgehead atoms. The van der Waals surface area contributed by atoms with Gasteiger partial charge in [-0.15, -0.1) is 0 Å². The third-order valence-electron chi connectivity index (χ3n) is 5.99. The number of carbonyl (C=O) groups excluding carboxylic acids is 4. The molecular formula is C25H48N4O5. The molecule has 0 radical (unpaired) electrons. The molecule has 1 saturated carbocycles. The molecule has 0 spiro atoms. The molecule has 9 nitrogen and oxygen atoms in total. The summed E-state index contributed by atoms with van der Waals surface area (Å²) in [4.78, 5) is 50.1. The highest BCUT2D eigenvalue weighted by atomic mass is 16.5. The summed E-state index contributed by atoms with van der Waals surface area (Å²) >= 11 is 0. The lowest BCUT2D eigenvalue weighted by Gasteiger charge is -2.31. The number of amides is 4. The van der Waals surface area contributed by atoms with E-state index in [1.807, 2.05) is 13.8 Å². The van der Waals surface area contributed by atoms with Gasteiger partial charge in [-0.2, -0.15) is 0 Å². The zero-order valence-corrected chi connectivity index (χ0v) is 22.0. The van der Waals surface area contributed by atoms with Crippen molar-refractivity contribution in [3.63, 3.8) is 0 Å². The van der Waals surface area contributed by atoms with Crippen molar-refractivity contribution < 1.29 is 23.9 Å². The molecule has 9 heteroatoms. The first kappa shape index (κ1) is 31.8. The van der Waals surface area contributed by atoms with Crippen LogP contribution in [0.2, 0.25) is 0 Å². The van der Waals surface area contributed by atoms with Crippen molar-refractivity contribution in [1.82, 2.24) is 15.5 Å². The smallest absolute Gasteiger partial charge is 0.318 e. The molecule has 2 atom stereocenters. The van der Waals surface area contributed by atoms with Crippen molar-refractivity contribution in [1.29, 1.82) is 0 Å². The van der Waals surface area contributed by atoms with Crippen LogP contribution in [0.4, 0.5) is 4.79 Å². The van der Waals surface area contributed by atoms with Gasteiger partial charge in [-0.1, -0.05) is 79.6 Å². The van der Waals surface area contributed by atoms with E-state index in [2.05, 4.69) is 24.5 Å². The summed E-state index contributed by atoms with van der Waals surface area (Å²) in [5.41, 5.74) is 5.06. The van der Waals surface area contributed by atoms with Crippen LogP contribution in [0.5, 0.6) is 0 Å².